The summed E-state index contributed by atoms with van der Waals surface area (Å²) in [5.41, 5.74) is 6.82. The molecular weight excluding hydrogens is 286 g/mol. The van der Waals surface area contributed by atoms with Crippen LogP contribution in [0.25, 0.3) is 0 Å². The van der Waals surface area contributed by atoms with E-state index in [-0.39, 0.29) is 5.92 Å². The van der Waals surface area contributed by atoms with E-state index in [0.717, 1.165) is 29.8 Å². The maximum absolute atomic E-state index is 10.7. The average molecular weight is 311 g/mol. The van der Waals surface area contributed by atoms with Gasteiger partial charge < -0.3 is 9.94 Å². The lowest BCUT2D eigenvalue weighted by molar-refractivity contribution is 0.0523. The van der Waals surface area contributed by atoms with Crippen LogP contribution in [0.2, 0.25) is 0 Å². The van der Waals surface area contributed by atoms with Gasteiger partial charge in [0.1, 0.15) is 0 Å². The minimum Gasteiger partial charge on any atom is -0.408 e. The molecule has 1 heterocycles. The summed E-state index contributed by atoms with van der Waals surface area (Å²) in [5.74, 6) is 1.16. The van der Waals surface area contributed by atoms with E-state index in [1.807, 2.05) is 26.0 Å². The minimum atomic E-state index is -0.793. The molecule has 3 heteroatoms. The van der Waals surface area contributed by atoms with E-state index in [1.165, 1.54) is 11.1 Å². The summed E-state index contributed by atoms with van der Waals surface area (Å²) in [5, 5.41) is 10.7. The third-order valence-electron chi connectivity index (χ3n) is 4.94. The largest absolute Gasteiger partial charge is 0.408 e. The van der Waals surface area contributed by atoms with Gasteiger partial charge in [0.05, 0.1) is 5.60 Å². The Labute approximate surface area is 138 Å². The average Bonchev–Trinajstić information content (AvgIpc) is 2.78. The quantitative estimate of drug-likeness (QED) is 0.899. The highest BCUT2D eigenvalue weighted by molar-refractivity contribution is 5.45. The Kier molecular flexibility index (Phi) is 4.42. The molecule has 2 atom stereocenters. The second kappa shape index (κ2) is 6.34. The van der Waals surface area contributed by atoms with Gasteiger partial charge in [0, 0.05) is 18.0 Å². The third-order valence-corrected chi connectivity index (χ3v) is 4.94. The predicted molar refractivity (Wildman–Crippen MR) is 92.6 cm³/mol. The molecule has 23 heavy (non-hydrogen) atoms. The maximum Gasteiger partial charge on any atom is 0.150 e. The molecule has 2 aromatic carbocycles. The monoisotopic (exact) mass is 311 g/mol. The Balaban J connectivity index is 2.07. The number of nitrogens with one attached hydrogen (secondary N) is 1. The Hall–Kier alpha value is -1.84. The molecule has 1 aliphatic heterocycles. The smallest absolute Gasteiger partial charge is 0.150 e. The van der Waals surface area contributed by atoms with Crippen LogP contribution in [0, 0.1) is 6.92 Å². The lowest BCUT2D eigenvalue weighted by Gasteiger charge is -2.26. The highest BCUT2D eigenvalue weighted by atomic mass is 16.6. The fraction of sp³-hybridized carbons (Fsp3) is 0.400. The lowest BCUT2D eigenvalue weighted by Crippen LogP contribution is -2.21. The van der Waals surface area contributed by atoms with Gasteiger partial charge in [0.2, 0.25) is 0 Å². The molecular formula is C20H25NO2. The van der Waals surface area contributed by atoms with Crippen molar-refractivity contribution in [3.8, 4) is 5.75 Å². The molecule has 0 aliphatic carbocycles. The van der Waals surface area contributed by atoms with Gasteiger partial charge in [0.15, 0.2) is 5.75 Å². The molecule has 0 spiro atoms. The van der Waals surface area contributed by atoms with Crippen molar-refractivity contribution in [2.45, 2.75) is 45.1 Å². The fourth-order valence-electron chi connectivity index (χ4n) is 3.32. The molecule has 0 bridgehead atoms. The summed E-state index contributed by atoms with van der Waals surface area (Å²) in [6.07, 6.45) is 1.66. The Bertz CT molecular complexity index is 694. The molecule has 1 aliphatic rings. The number of rotatable bonds is 3. The van der Waals surface area contributed by atoms with E-state index in [9.17, 15) is 5.11 Å². The van der Waals surface area contributed by atoms with Crippen LogP contribution in [0.5, 0.6) is 5.75 Å². The summed E-state index contributed by atoms with van der Waals surface area (Å²) in [6, 6.07) is 14.6. The number of aryl methyl sites for hydroxylation is 1. The van der Waals surface area contributed by atoms with Crippen LogP contribution in [0.3, 0.4) is 0 Å². The number of hydroxylamine groups is 1. The SMILES string of the molecule is CCC(C)(O)c1cc(C2CCNOc3ccccc32)ccc1C. The summed E-state index contributed by atoms with van der Waals surface area (Å²) < 4.78 is 0. The number of hydrogen-bond donors (Lipinski definition) is 2. The third kappa shape index (κ3) is 3.12. The second-order valence-electron chi connectivity index (χ2n) is 6.58. The van der Waals surface area contributed by atoms with Crippen molar-refractivity contribution in [1.82, 2.24) is 5.48 Å². The Morgan fingerprint density at radius 3 is 2.83 bits per heavy atom. The molecule has 0 radical (unpaired) electrons. The van der Waals surface area contributed by atoms with Crippen molar-refractivity contribution < 1.29 is 9.94 Å². The predicted octanol–water partition coefficient (Wildman–Crippen LogP) is 4.03. The molecule has 0 saturated heterocycles. The summed E-state index contributed by atoms with van der Waals surface area (Å²) in [4.78, 5) is 5.64. The molecule has 3 nitrogen and oxygen atoms in total. The number of fused-ring (bicyclic) bond motifs is 1. The Morgan fingerprint density at radius 1 is 1.26 bits per heavy atom. The van der Waals surface area contributed by atoms with Crippen molar-refractivity contribution in [1.29, 1.82) is 0 Å². The first-order chi connectivity index (χ1) is 11.0. The zero-order valence-corrected chi connectivity index (χ0v) is 14.1. The molecule has 0 saturated carbocycles. The number of hydrogen-bond acceptors (Lipinski definition) is 3. The van der Waals surface area contributed by atoms with E-state index in [0.29, 0.717) is 6.42 Å². The molecule has 3 rings (SSSR count). The first kappa shape index (κ1) is 16.0. The molecule has 0 amide bonds. The van der Waals surface area contributed by atoms with Gasteiger partial charge >= 0.3 is 0 Å². The van der Waals surface area contributed by atoms with E-state index >= 15 is 0 Å². The number of para-hydroxylation sites is 1. The van der Waals surface area contributed by atoms with Gasteiger partial charge in [-0.05, 0) is 49.4 Å². The van der Waals surface area contributed by atoms with E-state index in [4.69, 9.17) is 4.84 Å². The number of aliphatic hydroxyl groups is 1. The fourth-order valence-corrected chi connectivity index (χ4v) is 3.32. The van der Waals surface area contributed by atoms with Gasteiger partial charge in [0.25, 0.3) is 0 Å². The summed E-state index contributed by atoms with van der Waals surface area (Å²) in [6.45, 7) is 6.78. The molecule has 2 aromatic rings. The topological polar surface area (TPSA) is 41.5 Å². The zero-order valence-electron chi connectivity index (χ0n) is 14.1. The van der Waals surface area contributed by atoms with Crippen LogP contribution in [0.4, 0.5) is 0 Å². The number of benzene rings is 2. The van der Waals surface area contributed by atoms with E-state index in [2.05, 4.69) is 42.7 Å². The molecule has 0 fully saturated rings. The second-order valence-corrected chi connectivity index (χ2v) is 6.58. The minimum absolute atomic E-state index is 0.271. The van der Waals surface area contributed by atoms with Crippen molar-refractivity contribution in [2.75, 3.05) is 6.54 Å². The molecule has 0 aromatic heterocycles. The van der Waals surface area contributed by atoms with Gasteiger partial charge in [-0.25, -0.2) is 0 Å². The van der Waals surface area contributed by atoms with Crippen molar-refractivity contribution in [2.24, 2.45) is 0 Å². The highest BCUT2D eigenvalue weighted by Gasteiger charge is 2.26. The van der Waals surface area contributed by atoms with Crippen molar-refractivity contribution in [3.63, 3.8) is 0 Å². The normalized spacial score (nSPS) is 20.1. The summed E-state index contributed by atoms with van der Waals surface area (Å²) >= 11 is 0. The first-order valence-electron chi connectivity index (χ1n) is 8.35. The summed E-state index contributed by atoms with van der Waals surface area (Å²) in [7, 11) is 0. The molecule has 2 N–H and O–H groups in total. The molecule has 122 valence electrons. The van der Waals surface area contributed by atoms with Crippen molar-refractivity contribution in [3.05, 3.63) is 64.7 Å². The zero-order chi connectivity index (χ0) is 16.4. The standard InChI is InChI=1S/C20H25NO2/c1-4-20(3,22)18-13-15(10-9-14(18)2)16-11-12-21-23-19-8-6-5-7-17(16)19/h5-10,13,16,21-22H,4,11-12H2,1-3H3. The van der Waals surface area contributed by atoms with Crippen LogP contribution >= 0.6 is 0 Å². The van der Waals surface area contributed by atoms with Gasteiger partial charge in [-0.3, -0.25) is 0 Å². The first-order valence-corrected chi connectivity index (χ1v) is 8.35. The lowest BCUT2D eigenvalue weighted by atomic mass is 9.83. The van der Waals surface area contributed by atoms with Crippen LogP contribution in [0.1, 0.15) is 54.9 Å². The van der Waals surface area contributed by atoms with Gasteiger partial charge in [-0.1, -0.05) is 43.3 Å². The van der Waals surface area contributed by atoms with Crippen LogP contribution in [-0.4, -0.2) is 11.7 Å². The van der Waals surface area contributed by atoms with E-state index in [1.54, 1.807) is 0 Å². The Morgan fingerprint density at radius 2 is 2.04 bits per heavy atom. The van der Waals surface area contributed by atoms with Crippen LogP contribution < -0.4 is 10.3 Å². The van der Waals surface area contributed by atoms with Gasteiger partial charge in [-0.2, -0.15) is 5.48 Å². The molecule has 2 unspecified atom stereocenters. The van der Waals surface area contributed by atoms with Crippen LogP contribution in [0.15, 0.2) is 42.5 Å². The maximum atomic E-state index is 10.7. The van der Waals surface area contributed by atoms with Crippen molar-refractivity contribution >= 4 is 0 Å². The van der Waals surface area contributed by atoms with E-state index < -0.39 is 5.60 Å². The van der Waals surface area contributed by atoms with Crippen LogP contribution in [-0.2, 0) is 5.60 Å². The van der Waals surface area contributed by atoms with Gasteiger partial charge in [-0.15, -0.1) is 0 Å². The highest BCUT2D eigenvalue weighted by Crippen LogP contribution is 2.38.